The van der Waals surface area contributed by atoms with Crippen LogP contribution in [-0.4, -0.2) is 42.9 Å². The first-order valence-electron chi connectivity index (χ1n) is 10.5. The molecule has 2 N–H and O–H groups in total. The van der Waals surface area contributed by atoms with E-state index < -0.39 is 0 Å². The lowest BCUT2D eigenvalue weighted by molar-refractivity contribution is -0.134. The number of guanidine groups is 1. The van der Waals surface area contributed by atoms with Gasteiger partial charge < -0.3 is 15.5 Å². The van der Waals surface area contributed by atoms with Crippen LogP contribution in [0.4, 0.5) is 0 Å². The maximum absolute atomic E-state index is 12.6. The van der Waals surface area contributed by atoms with Crippen molar-refractivity contribution in [3.05, 3.63) is 48.0 Å². The molecule has 1 saturated carbocycles. The van der Waals surface area contributed by atoms with E-state index in [1.807, 2.05) is 4.90 Å². The topological polar surface area (TPSA) is 56.7 Å². The van der Waals surface area contributed by atoms with Crippen LogP contribution in [0.5, 0.6) is 0 Å². The van der Waals surface area contributed by atoms with Gasteiger partial charge in [-0.1, -0.05) is 49.2 Å². The number of carbonyl (C=O) groups excluding carboxylic acids is 1. The fourth-order valence-electron chi connectivity index (χ4n) is 4.43. The Kier molecular flexibility index (Phi) is 5.79. The summed E-state index contributed by atoms with van der Waals surface area (Å²) in [5, 5.41) is 9.41. The third kappa shape index (κ3) is 4.29. The van der Waals surface area contributed by atoms with Crippen LogP contribution >= 0.6 is 0 Å². The zero-order valence-electron chi connectivity index (χ0n) is 16.7. The minimum atomic E-state index is 0.268. The Balaban J connectivity index is 1.29. The summed E-state index contributed by atoms with van der Waals surface area (Å²) in [7, 11) is 1.80. The SMILES string of the molecule is CN=C(NCc1ccc2ccccc2c1)NC1CCN(C(=O)C2CCCC2)C1. The first kappa shape index (κ1) is 18.8. The molecule has 2 fully saturated rings. The van der Waals surface area contributed by atoms with Crippen molar-refractivity contribution in [2.75, 3.05) is 20.1 Å². The second-order valence-corrected chi connectivity index (χ2v) is 8.00. The Morgan fingerprint density at radius 1 is 1.11 bits per heavy atom. The number of hydrogen-bond acceptors (Lipinski definition) is 2. The summed E-state index contributed by atoms with van der Waals surface area (Å²) in [6, 6.07) is 15.2. The third-order valence-electron chi connectivity index (χ3n) is 6.04. The number of nitrogens with one attached hydrogen (secondary N) is 2. The van der Waals surface area contributed by atoms with Crippen molar-refractivity contribution >= 4 is 22.6 Å². The minimum Gasteiger partial charge on any atom is -0.352 e. The van der Waals surface area contributed by atoms with Crippen LogP contribution in [0.2, 0.25) is 0 Å². The number of aliphatic imine (C=N–C) groups is 1. The van der Waals surface area contributed by atoms with E-state index in [1.54, 1.807) is 7.05 Å². The van der Waals surface area contributed by atoms with Gasteiger partial charge in [0.1, 0.15) is 0 Å². The van der Waals surface area contributed by atoms with Crippen LogP contribution in [0.1, 0.15) is 37.7 Å². The molecular formula is C23H30N4O. The number of hydrogen-bond donors (Lipinski definition) is 2. The fraction of sp³-hybridized carbons (Fsp3) is 0.478. The van der Waals surface area contributed by atoms with E-state index in [1.165, 1.54) is 29.2 Å². The molecule has 1 amide bonds. The van der Waals surface area contributed by atoms with Crippen LogP contribution in [-0.2, 0) is 11.3 Å². The molecule has 1 heterocycles. The summed E-state index contributed by atoms with van der Waals surface area (Å²) in [6.07, 6.45) is 5.54. The highest BCUT2D eigenvalue weighted by Crippen LogP contribution is 2.27. The van der Waals surface area contributed by atoms with Gasteiger partial charge in [-0.15, -0.1) is 0 Å². The maximum Gasteiger partial charge on any atom is 0.225 e. The van der Waals surface area contributed by atoms with Crippen LogP contribution in [0.15, 0.2) is 47.5 Å². The van der Waals surface area contributed by atoms with Gasteiger partial charge in [-0.3, -0.25) is 9.79 Å². The van der Waals surface area contributed by atoms with Gasteiger partial charge in [-0.05, 0) is 41.7 Å². The first-order valence-corrected chi connectivity index (χ1v) is 10.5. The van der Waals surface area contributed by atoms with Crippen molar-refractivity contribution in [2.45, 2.75) is 44.7 Å². The largest absolute Gasteiger partial charge is 0.352 e. The van der Waals surface area contributed by atoms with E-state index in [4.69, 9.17) is 0 Å². The summed E-state index contributed by atoms with van der Waals surface area (Å²) >= 11 is 0. The summed E-state index contributed by atoms with van der Waals surface area (Å²) in [5.74, 6) is 1.43. The number of carbonyl (C=O) groups is 1. The number of nitrogens with zero attached hydrogens (tertiary/aromatic N) is 2. The van der Waals surface area contributed by atoms with Crippen LogP contribution < -0.4 is 10.6 Å². The molecule has 4 rings (SSSR count). The van der Waals surface area contributed by atoms with E-state index >= 15 is 0 Å². The molecule has 0 aromatic heterocycles. The zero-order valence-corrected chi connectivity index (χ0v) is 16.7. The second-order valence-electron chi connectivity index (χ2n) is 8.00. The Bertz CT molecular complexity index is 857. The Hall–Kier alpha value is -2.56. The molecule has 2 aromatic rings. The lowest BCUT2D eigenvalue weighted by atomic mass is 10.1. The quantitative estimate of drug-likeness (QED) is 0.634. The molecule has 1 atom stereocenters. The van der Waals surface area contributed by atoms with Gasteiger partial charge in [-0.2, -0.15) is 0 Å². The molecule has 0 bridgehead atoms. The van der Waals surface area contributed by atoms with Gasteiger partial charge >= 0.3 is 0 Å². The third-order valence-corrected chi connectivity index (χ3v) is 6.04. The summed E-state index contributed by atoms with van der Waals surface area (Å²) in [4.78, 5) is 19.0. The normalized spacial score (nSPS) is 20.7. The molecule has 0 spiro atoms. The molecule has 2 aliphatic rings. The predicted octanol–water partition coefficient (Wildman–Crippen LogP) is 3.30. The van der Waals surface area contributed by atoms with E-state index in [-0.39, 0.29) is 12.0 Å². The molecule has 1 saturated heterocycles. The number of likely N-dealkylation sites (tertiary alicyclic amines) is 1. The van der Waals surface area contributed by atoms with Crippen molar-refractivity contribution in [3.8, 4) is 0 Å². The number of amides is 1. The summed E-state index contributed by atoms with van der Waals surface area (Å²) in [5.41, 5.74) is 1.23. The van der Waals surface area contributed by atoms with E-state index in [9.17, 15) is 4.79 Å². The summed E-state index contributed by atoms with van der Waals surface area (Å²) in [6.45, 7) is 2.36. The second kappa shape index (κ2) is 8.63. The molecule has 1 aliphatic carbocycles. The smallest absolute Gasteiger partial charge is 0.225 e. The predicted molar refractivity (Wildman–Crippen MR) is 114 cm³/mol. The van der Waals surface area contributed by atoms with Crippen molar-refractivity contribution in [3.63, 3.8) is 0 Å². The van der Waals surface area contributed by atoms with Gasteiger partial charge in [0, 0.05) is 38.6 Å². The van der Waals surface area contributed by atoms with E-state index in [2.05, 4.69) is 58.1 Å². The molecule has 28 heavy (non-hydrogen) atoms. The van der Waals surface area contributed by atoms with Gasteiger partial charge in [0.25, 0.3) is 0 Å². The molecule has 1 aliphatic heterocycles. The highest BCUT2D eigenvalue weighted by molar-refractivity contribution is 5.84. The van der Waals surface area contributed by atoms with Gasteiger partial charge in [-0.25, -0.2) is 0 Å². The highest BCUT2D eigenvalue weighted by atomic mass is 16.2. The van der Waals surface area contributed by atoms with Crippen molar-refractivity contribution in [2.24, 2.45) is 10.9 Å². The zero-order chi connectivity index (χ0) is 19.3. The fourth-order valence-corrected chi connectivity index (χ4v) is 4.43. The Morgan fingerprint density at radius 3 is 2.68 bits per heavy atom. The average molecular weight is 379 g/mol. The van der Waals surface area contributed by atoms with Crippen LogP contribution in [0.3, 0.4) is 0 Å². The molecule has 0 radical (unpaired) electrons. The first-order chi connectivity index (χ1) is 13.7. The Labute approximate surface area is 167 Å². The minimum absolute atomic E-state index is 0.268. The van der Waals surface area contributed by atoms with Crippen molar-refractivity contribution < 1.29 is 4.79 Å². The summed E-state index contributed by atoms with van der Waals surface area (Å²) < 4.78 is 0. The molecule has 5 heteroatoms. The average Bonchev–Trinajstić information content (AvgIpc) is 3.42. The lowest BCUT2D eigenvalue weighted by Gasteiger charge is -2.21. The molecule has 1 unspecified atom stereocenters. The monoisotopic (exact) mass is 378 g/mol. The van der Waals surface area contributed by atoms with E-state index in [0.717, 1.165) is 44.9 Å². The van der Waals surface area contributed by atoms with Crippen LogP contribution in [0, 0.1) is 5.92 Å². The van der Waals surface area contributed by atoms with Gasteiger partial charge in [0.15, 0.2) is 5.96 Å². The molecule has 148 valence electrons. The standard InChI is InChI=1S/C23H30N4O/c1-24-23(25-15-17-10-11-18-6-2-5-9-20(18)14-17)26-21-12-13-27(16-21)22(28)19-7-3-4-8-19/h2,5-6,9-11,14,19,21H,3-4,7-8,12-13,15-16H2,1H3,(H2,24,25,26). The number of fused-ring (bicyclic) bond motifs is 1. The van der Waals surface area contributed by atoms with Gasteiger partial charge in [0.2, 0.25) is 5.91 Å². The molecule has 5 nitrogen and oxygen atoms in total. The maximum atomic E-state index is 12.6. The molecule has 2 aromatic carbocycles. The number of rotatable bonds is 4. The Morgan fingerprint density at radius 2 is 1.89 bits per heavy atom. The van der Waals surface area contributed by atoms with Crippen molar-refractivity contribution in [1.82, 2.24) is 15.5 Å². The van der Waals surface area contributed by atoms with E-state index in [0.29, 0.717) is 5.91 Å². The van der Waals surface area contributed by atoms with Crippen molar-refractivity contribution in [1.29, 1.82) is 0 Å². The lowest BCUT2D eigenvalue weighted by Crippen LogP contribution is -2.45. The number of benzene rings is 2. The van der Waals surface area contributed by atoms with Gasteiger partial charge in [0.05, 0.1) is 0 Å². The molecular weight excluding hydrogens is 348 g/mol. The highest BCUT2D eigenvalue weighted by Gasteiger charge is 2.32. The van der Waals surface area contributed by atoms with Crippen LogP contribution in [0.25, 0.3) is 10.8 Å².